The van der Waals surface area contributed by atoms with E-state index < -0.39 is 0 Å². The summed E-state index contributed by atoms with van der Waals surface area (Å²) in [4.78, 5) is 2.40. The molecular formula is C16H23N3. The number of likely N-dealkylation sites (tertiary alicyclic amines) is 1. The lowest BCUT2D eigenvalue weighted by atomic mass is 9.96. The monoisotopic (exact) mass is 257 g/mol. The summed E-state index contributed by atoms with van der Waals surface area (Å²) < 4.78 is 0. The predicted molar refractivity (Wildman–Crippen MR) is 77.7 cm³/mol. The van der Waals surface area contributed by atoms with Gasteiger partial charge >= 0.3 is 0 Å². The van der Waals surface area contributed by atoms with Gasteiger partial charge in [-0.25, -0.2) is 0 Å². The lowest BCUT2D eigenvalue weighted by molar-refractivity contribution is 0.162. The Morgan fingerprint density at radius 3 is 2.79 bits per heavy atom. The highest BCUT2D eigenvalue weighted by molar-refractivity contribution is 5.20. The molecule has 1 N–H and O–H groups in total. The second-order valence-corrected chi connectivity index (χ2v) is 5.54. The third kappa shape index (κ3) is 3.79. The lowest BCUT2D eigenvalue weighted by Gasteiger charge is -2.37. The van der Waals surface area contributed by atoms with E-state index in [2.05, 4.69) is 42.4 Å². The van der Waals surface area contributed by atoms with Gasteiger partial charge in [0.05, 0.1) is 12.5 Å². The molecule has 19 heavy (non-hydrogen) atoms. The van der Waals surface area contributed by atoms with Gasteiger partial charge in [0.1, 0.15) is 0 Å². The molecule has 1 aromatic carbocycles. The molecule has 1 aromatic rings. The van der Waals surface area contributed by atoms with Crippen LogP contribution in [0.15, 0.2) is 30.3 Å². The summed E-state index contributed by atoms with van der Waals surface area (Å²) in [5.74, 6) is 0. The molecule has 1 saturated heterocycles. The summed E-state index contributed by atoms with van der Waals surface area (Å²) in [7, 11) is 2.19. The van der Waals surface area contributed by atoms with Crippen LogP contribution in [-0.2, 0) is 0 Å². The fraction of sp³-hybridized carbons (Fsp3) is 0.562. The molecule has 0 spiro atoms. The summed E-state index contributed by atoms with van der Waals surface area (Å²) in [5, 5.41) is 12.7. The molecular weight excluding hydrogens is 234 g/mol. The Kier molecular flexibility index (Phi) is 4.95. The van der Waals surface area contributed by atoms with Crippen molar-refractivity contribution in [1.29, 1.82) is 5.26 Å². The molecule has 0 aromatic heterocycles. The van der Waals surface area contributed by atoms with E-state index >= 15 is 0 Å². The highest BCUT2D eigenvalue weighted by Crippen LogP contribution is 2.22. The van der Waals surface area contributed by atoms with Crippen molar-refractivity contribution in [2.75, 3.05) is 13.6 Å². The van der Waals surface area contributed by atoms with E-state index in [1.165, 1.54) is 5.56 Å². The molecule has 0 aliphatic carbocycles. The van der Waals surface area contributed by atoms with Crippen molar-refractivity contribution in [3.63, 3.8) is 0 Å². The van der Waals surface area contributed by atoms with Gasteiger partial charge in [-0.3, -0.25) is 0 Å². The number of hydrogen-bond acceptors (Lipinski definition) is 3. The van der Waals surface area contributed by atoms with Crippen LogP contribution >= 0.6 is 0 Å². The molecule has 2 rings (SSSR count). The van der Waals surface area contributed by atoms with Crippen molar-refractivity contribution in [2.45, 2.75) is 44.3 Å². The predicted octanol–water partition coefficient (Wildman–Crippen LogP) is 2.71. The van der Waals surface area contributed by atoms with Gasteiger partial charge in [0.15, 0.2) is 0 Å². The van der Waals surface area contributed by atoms with E-state index in [0.29, 0.717) is 18.5 Å². The molecule has 3 atom stereocenters. The van der Waals surface area contributed by atoms with E-state index in [4.69, 9.17) is 5.26 Å². The Balaban J connectivity index is 2.00. The van der Waals surface area contributed by atoms with Crippen LogP contribution in [0.2, 0.25) is 0 Å². The van der Waals surface area contributed by atoms with Gasteiger partial charge in [-0.2, -0.15) is 5.26 Å². The minimum atomic E-state index is 0.159. The molecule has 3 unspecified atom stereocenters. The molecule has 1 heterocycles. The van der Waals surface area contributed by atoms with Crippen LogP contribution in [0.25, 0.3) is 0 Å². The number of nitrogens with zero attached hydrogens (tertiary/aromatic N) is 2. The second-order valence-electron chi connectivity index (χ2n) is 5.54. The maximum Gasteiger partial charge on any atom is 0.0641 e. The number of nitrogens with one attached hydrogen (secondary N) is 1. The Morgan fingerprint density at radius 2 is 2.16 bits per heavy atom. The van der Waals surface area contributed by atoms with E-state index in [9.17, 15) is 0 Å². The quantitative estimate of drug-likeness (QED) is 0.901. The first-order valence-electron chi connectivity index (χ1n) is 7.09. The fourth-order valence-corrected chi connectivity index (χ4v) is 2.77. The number of piperidine rings is 1. The Bertz CT molecular complexity index is 423. The number of hydrogen-bond donors (Lipinski definition) is 1. The summed E-state index contributed by atoms with van der Waals surface area (Å²) >= 11 is 0. The smallest absolute Gasteiger partial charge is 0.0641 e. The average Bonchev–Trinajstić information content (AvgIpc) is 2.43. The topological polar surface area (TPSA) is 39.1 Å². The SMILES string of the molecule is CC1CC(NC(CC#N)c2ccccc2)CCN1C. The minimum absolute atomic E-state index is 0.159. The molecule has 0 bridgehead atoms. The molecule has 1 fully saturated rings. The van der Waals surface area contributed by atoms with Crippen molar-refractivity contribution < 1.29 is 0 Å². The minimum Gasteiger partial charge on any atom is -0.306 e. The van der Waals surface area contributed by atoms with Crippen LogP contribution in [0.4, 0.5) is 0 Å². The number of nitriles is 1. The van der Waals surface area contributed by atoms with Crippen LogP contribution in [0.3, 0.4) is 0 Å². The molecule has 3 heteroatoms. The van der Waals surface area contributed by atoms with Crippen molar-refractivity contribution in [3.05, 3.63) is 35.9 Å². The summed E-state index contributed by atoms with van der Waals surface area (Å²) in [6.45, 7) is 3.41. The standard InChI is InChI=1S/C16H23N3/c1-13-12-15(9-11-19(13)2)18-16(8-10-17)14-6-4-3-5-7-14/h3-7,13,15-16,18H,8-9,11-12H2,1-2H3. The van der Waals surface area contributed by atoms with Crippen molar-refractivity contribution in [3.8, 4) is 6.07 Å². The second kappa shape index (κ2) is 6.70. The van der Waals surface area contributed by atoms with Gasteiger partial charge in [0.2, 0.25) is 0 Å². The maximum atomic E-state index is 9.02. The zero-order chi connectivity index (χ0) is 13.7. The average molecular weight is 257 g/mol. The third-order valence-electron chi connectivity index (χ3n) is 4.14. The van der Waals surface area contributed by atoms with Gasteiger partial charge in [-0.15, -0.1) is 0 Å². The van der Waals surface area contributed by atoms with E-state index in [1.807, 2.05) is 18.2 Å². The Hall–Kier alpha value is -1.37. The Morgan fingerprint density at radius 1 is 1.42 bits per heavy atom. The number of rotatable bonds is 4. The van der Waals surface area contributed by atoms with E-state index in [1.54, 1.807) is 0 Å². The van der Waals surface area contributed by atoms with Crippen molar-refractivity contribution in [1.82, 2.24) is 10.2 Å². The van der Waals surface area contributed by atoms with Crippen molar-refractivity contribution >= 4 is 0 Å². The zero-order valence-corrected chi connectivity index (χ0v) is 11.8. The Labute approximate surface area is 116 Å². The highest BCUT2D eigenvalue weighted by atomic mass is 15.1. The first-order chi connectivity index (χ1) is 9.20. The van der Waals surface area contributed by atoms with Crippen LogP contribution in [0.5, 0.6) is 0 Å². The molecule has 102 valence electrons. The van der Waals surface area contributed by atoms with E-state index in [-0.39, 0.29) is 6.04 Å². The van der Waals surface area contributed by atoms with E-state index in [0.717, 1.165) is 19.4 Å². The third-order valence-corrected chi connectivity index (χ3v) is 4.14. The lowest BCUT2D eigenvalue weighted by Crippen LogP contribution is -2.46. The first-order valence-corrected chi connectivity index (χ1v) is 7.09. The summed E-state index contributed by atoms with van der Waals surface area (Å²) in [5.41, 5.74) is 1.22. The first kappa shape index (κ1) is 14.0. The molecule has 1 aliphatic rings. The summed E-state index contributed by atoms with van der Waals surface area (Å²) in [6, 6.07) is 13.9. The van der Waals surface area contributed by atoms with Gasteiger partial charge in [-0.1, -0.05) is 30.3 Å². The van der Waals surface area contributed by atoms with Crippen LogP contribution in [0, 0.1) is 11.3 Å². The number of benzene rings is 1. The van der Waals surface area contributed by atoms with Gasteiger partial charge in [0.25, 0.3) is 0 Å². The van der Waals surface area contributed by atoms with Gasteiger partial charge in [0, 0.05) is 18.1 Å². The van der Waals surface area contributed by atoms with Crippen LogP contribution in [0.1, 0.15) is 37.8 Å². The normalized spacial score (nSPS) is 25.7. The fourth-order valence-electron chi connectivity index (χ4n) is 2.77. The van der Waals surface area contributed by atoms with Crippen LogP contribution in [-0.4, -0.2) is 30.6 Å². The maximum absolute atomic E-state index is 9.02. The molecule has 1 aliphatic heterocycles. The highest BCUT2D eigenvalue weighted by Gasteiger charge is 2.25. The van der Waals surface area contributed by atoms with Gasteiger partial charge in [-0.05, 0) is 38.9 Å². The van der Waals surface area contributed by atoms with Crippen molar-refractivity contribution in [2.24, 2.45) is 0 Å². The molecule has 0 radical (unpaired) electrons. The molecule has 3 nitrogen and oxygen atoms in total. The molecule has 0 amide bonds. The largest absolute Gasteiger partial charge is 0.306 e. The molecule has 0 saturated carbocycles. The summed E-state index contributed by atoms with van der Waals surface area (Å²) in [6.07, 6.45) is 2.85. The zero-order valence-electron chi connectivity index (χ0n) is 11.8. The van der Waals surface area contributed by atoms with Gasteiger partial charge < -0.3 is 10.2 Å². The van der Waals surface area contributed by atoms with Crippen LogP contribution < -0.4 is 5.32 Å².